The van der Waals surface area contributed by atoms with Crippen LogP contribution in [0.4, 0.5) is 0 Å². The highest BCUT2D eigenvalue weighted by Crippen LogP contribution is 2.50. The monoisotopic (exact) mass is 342 g/mol. The van der Waals surface area contributed by atoms with E-state index >= 15 is 0 Å². The van der Waals surface area contributed by atoms with Gasteiger partial charge < -0.3 is 4.74 Å². The van der Waals surface area contributed by atoms with Crippen molar-refractivity contribution in [2.45, 2.75) is 39.5 Å². The van der Waals surface area contributed by atoms with E-state index in [2.05, 4.69) is 24.0 Å². The van der Waals surface area contributed by atoms with Gasteiger partial charge in [-0.25, -0.2) is 0 Å². The van der Waals surface area contributed by atoms with E-state index in [1.165, 1.54) is 0 Å². The Balaban J connectivity index is 1.93. The zero-order valence-electron chi connectivity index (χ0n) is 13.9. The van der Waals surface area contributed by atoms with Gasteiger partial charge in [0.05, 0.1) is 0 Å². The van der Waals surface area contributed by atoms with Crippen LogP contribution in [0.1, 0.15) is 49.4 Å². The molecule has 5 heteroatoms. The van der Waals surface area contributed by atoms with Crippen LogP contribution >= 0.6 is 11.6 Å². The lowest BCUT2D eigenvalue weighted by molar-refractivity contribution is -0.118. The van der Waals surface area contributed by atoms with E-state index in [0.29, 0.717) is 17.3 Å². The second kappa shape index (κ2) is 5.21. The van der Waals surface area contributed by atoms with Gasteiger partial charge in [-0.2, -0.15) is 0 Å². The number of halogens is 1. The average Bonchev–Trinajstić information content (AvgIpc) is 2.86. The van der Waals surface area contributed by atoms with Gasteiger partial charge in [0.1, 0.15) is 5.76 Å². The molecule has 0 amide bonds. The lowest BCUT2D eigenvalue weighted by Gasteiger charge is -2.37. The summed E-state index contributed by atoms with van der Waals surface area (Å²) in [6.07, 6.45) is 1.27. The van der Waals surface area contributed by atoms with Crippen molar-refractivity contribution >= 4 is 17.4 Å². The van der Waals surface area contributed by atoms with Crippen molar-refractivity contribution in [1.29, 1.82) is 0 Å². The highest BCUT2D eigenvalue weighted by atomic mass is 35.5. The highest BCUT2D eigenvalue weighted by molar-refractivity contribution is 6.30. The SMILES string of the molecule is Cc1[nH]nc2c1C(c1ccc(Cl)cc1)C1=C(CC(C)(C)CC1=O)O2. The molecule has 0 saturated carbocycles. The topological polar surface area (TPSA) is 55.0 Å². The number of aromatic amines is 1. The minimum absolute atomic E-state index is 0.0939. The van der Waals surface area contributed by atoms with Crippen LogP contribution in [0.5, 0.6) is 5.88 Å². The maximum Gasteiger partial charge on any atom is 0.242 e. The number of hydrogen-bond donors (Lipinski definition) is 1. The number of carbonyl (C=O) groups excluding carboxylic acids is 1. The standard InChI is InChI=1S/C19H19ClN2O2/c1-10-15-16(11-4-6-12(20)7-5-11)17-13(23)8-19(2,3)9-14(17)24-18(15)22-21-10/h4-7,16H,8-9H2,1-3H3,(H,21,22). The molecule has 2 aromatic rings. The number of hydrogen-bond acceptors (Lipinski definition) is 3. The molecule has 0 spiro atoms. The van der Waals surface area contributed by atoms with Gasteiger partial charge in [-0.3, -0.25) is 9.89 Å². The van der Waals surface area contributed by atoms with Crippen molar-refractivity contribution in [2.24, 2.45) is 5.41 Å². The van der Waals surface area contributed by atoms with Crippen LogP contribution in [-0.4, -0.2) is 16.0 Å². The number of benzene rings is 1. The van der Waals surface area contributed by atoms with Gasteiger partial charge in [-0.15, -0.1) is 5.10 Å². The van der Waals surface area contributed by atoms with Crippen LogP contribution in [-0.2, 0) is 4.79 Å². The Labute approximate surface area is 145 Å². The van der Waals surface area contributed by atoms with Gasteiger partial charge in [-0.05, 0) is 30.0 Å². The van der Waals surface area contributed by atoms with Gasteiger partial charge in [0.25, 0.3) is 0 Å². The molecule has 1 atom stereocenters. The second-order valence-corrected chi connectivity index (χ2v) is 7.87. The second-order valence-electron chi connectivity index (χ2n) is 7.43. The lowest BCUT2D eigenvalue weighted by Crippen LogP contribution is -2.32. The van der Waals surface area contributed by atoms with E-state index in [1.54, 1.807) is 0 Å². The first-order chi connectivity index (χ1) is 11.4. The number of allylic oxidation sites excluding steroid dienone is 2. The molecule has 0 fully saturated rings. The summed E-state index contributed by atoms with van der Waals surface area (Å²) in [5, 5.41) is 7.97. The largest absolute Gasteiger partial charge is 0.441 e. The number of aryl methyl sites for hydroxylation is 1. The summed E-state index contributed by atoms with van der Waals surface area (Å²) < 4.78 is 6.03. The number of carbonyl (C=O) groups is 1. The summed E-state index contributed by atoms with van der Waals surface area (Å²) in [4.78, 5) is 12.9. The molecule has 1 N–H and O–H groups in total. The lowest BCUT2D eigenvalue weighted by atomic mass is 9.70. The van der Waals surface area contributed by atoms with Crippen molar-refractivity contribution in [1.82, 2.24) is 10.2 Å². The van der Waals surface area contributed by atoms with Gasteiger partial charge in [0, 0.05) is 40.6 Å². The molecule has 4 nitrogen and oxygen atoms in total. The Bertz CT molecular complexity index is 862. The van der Waals surface area contributed by atoms with Gasteiger partial charge in [0.2, 0.25) is 5.88 Å². The molecular formula is C19H19ClN2O2. The van der Waals surface area contributed by atoms with Crippen LogP contribution in [0.3, 0.4) is 0 Å². The molecule has 1 aromatic carbocycles. The molecule has 24 heavy (non-hydrogen) atoms. The predicted molar refractivity (Wildman–Crippen MR) is 92.3 cm³/mol. The third kappa shape index (κ3) is 2.37. The molecule has 124 valence electrons. The van der Waals surface area contributed by atoms with Gasteiger partial charge in [0.15, 0.2) is 5.78 Å². The third-order valence-corrected chi connectivity index (χ3v) is 5.09. The smallest absolute Gasteiger partial charge is 0.242 e. The maximum absolute atomic E-state index is 12.9. The molecule has 1 aliphatic heterocycles. The Hall–Kier alpha value is -2.07. The Morgan fingerprint density at radius 3 is 2.67 bits per heavy atom. The van der Waals surface area contributed by atoms with Crippen LogP contribution in [0, 0.1) is 12.3 Å². The first-order valence-electron chi connectivity index (χ1n) is 8.10. The fourth-order valence-electron chi connectivity index (χ4n) is 3.77. The summed E-state index contributed by atoms with van der Waals surface area (Å²) in [6, 6.07) is 7.68. The summed E-state index contributed by atoms with van der Waals surface area (Å²) in [6.45, 7) is 6.15. The summed E-state index contributed by atoms with van der Waals surface area (Å²) >= 11 is 6.04. The van der Waals surface area contributed by atoms with Crippen molar-refractivity contribution in [3.63, 3.8) is 0 Å². The third-order valence-electron chi connectivity index (χ3n) is 4.84. The van der Waals surface area contributed by atoms with E-state index in [-0.39, 0.29) is 17.1 Å². The van der Waals surface area contributed by atoms with Crippen molar-refractivity contribution in [3.8, 4) is 5.88 Å². The number of fused-ring (bicyclic) bond motifs is 1. The van der Waals surface area contributed by atoms with E-state index < -0.39 is 0 Å². The first-order valence-corrected chi connectivity index (χ1v) is 8.48. The molecule has 0 radical (unpaired) electrons. The minimum Gasteiger partial charge on any atom is -0.441 e. The van der Waals surface area contributed by atoms with E-state index in [4.69, 9.17) is 16.3 Å². The van der Waals surface area contributed by atoms with Crippen LogP contribution in [0.2, 0.25) is 5.02 Å². The molecule has 1 unspecified atom stereocenters. The van der Waals surface area contributed by atoms with E-state index in [1.807, 2.05) is 31.2 Å². The van der Waals surface area contributed by atoms with Gasteiger partial charge >= 0.3 is 0 Å². The Morgan fingerprint density at radius 1 is 1.25 bits per heavy atom. The Morgan fingerprint density at radius 2 is 1.96 bits per heavy atom. The molecule has 4 rings (SSSR count). The molecule has 0 bridgehead atoms. The zero-order valence-corrected chi connectivity index (χ0v) is 14.7. The zero-order chi connectivity index (χ0) is 17.1. The van der Waals surface area contributed by atoms with Crippen LogP contribution in [0.25, 0.3) is 0 Å². The number of nitrogens with one attached hydrogen (secondary N) is 1. The summed E-state index contributed by atoms with van der Waals surface area (Å²) in [5.74, 6) is 1.35. The summed E-state index contributed by atoms with van der Waals surface area (Å²) in [7, 11) is 0. The van der Waals surface area contributed by atoms with Crippen LogP contribution in [0.15, 0.2) is 35.6 Å². The number of rotatable bonds is 1. The first kappa shape index (κ1) is 15.5. The normalized spacial score (nSPS) is 22.0. The predicted octanol–water partition coefficient (Wildman–Crippen LogP) is 4.54. The summed E-state index contributed by atoms with van der Waals surface area (Å²) in [5.41, 5.74) is 3.59. The van der Waals surface area contributed by atoms with E-state index in [0.717, 1.165) is 34.6 Å². The van der Waals surface area contributed by atoms with Crippen molar-refractivity contribution in [2.75, 3.05) is 0 Å². The fraction of sp³-hybridized carbons (Fsp3) is 0.368. The molecule has 2 aliphatic rings. The van der Waals surface area contributed by atoms with Crippen molar-refractivity contribution < 1.29 is 9.53 Å². The van der Waals surface area contributed by atoms with Crippen molar-refractivity contribution in [3.05, 3.63) is 57.4 Å². The quantitative estimate of drug-likeness (QED) is 0.827. The molecule has 2 heterocycles. The highest BCUT2D eigenvalue weighted by Gasteiger charge is 2.43. The molecular weight excluding hydrogens is 324 g/mol. The number of nitrogens with zero attached hydrogens (tertiary/aromatic N) is 1. The van der Waals surface area contributed by atoms with E-state index in [9.17, 15) is 4.79 Å². The minimum atomic E-state index is -0.150. The number of H-pyrrole nitrogens is 1. The number of ether oxygens (including phenoxy) is 1. The maximum atomic E-state index is 12.9. The molecule has 1 aliphatic carbocycles. The number of Topliss-reactive ketones (excluding diaryl/α,β-unsaturated/α-hetero) is 1. The van der Waals surface area contributed by atoms with Gasteiger partial charge in [-0.1, -0.05) is 37.6 Å². The molecule has 0 saturated heterocycles. The molecule has 1 aromatic heterocycles. The average molecular weight is 343 g/mol. The fourth-order valence-corrected chi connectivity index (χ4v) is 3.90. The van der Waals surface area contributed by atoms with Crippen LogP contribution < -0.4 is 4.74 Å². The number of ketones is 1. The Kier molecular flexibility index (Phi) is 3.36. The number of aromatic nitrogens is 2.